The van der Waals surface area contributed by atoms with E-state index in [9.17, 15) is 0 Å². The summed E-state index contributed by atoms with van der Waals surface area (Å²) >= 11 is 0. The van der Waals surface area contributed by atoms with Crippen LogP contribution < -0.4 is 0 Å². The third kappa shape index (κ3) is 3.10. The Bertz CT molecular complexity index is 374. The molecule has 0 amide bonds. The third-order valence-electron chi connectivity index (χ3n) is 3.12. The lowest BCUT2D eigenvalue weighted by atomic mass is 10.1. The van der Waals surface area contributed by atoms with Gasteiger partial charge in [-0.1, -0.05) is 36.9 Å². The van der Waals surface area contributed by atoms with Gasteiger partial charge >= 0.3 is 0 Å². The van der Waals surface area contributed by atoms with Gasteiger partial charge in [-0.3, -0.25) is 4.90 Å². The van der Waals surface area contributed by atoms with Crippen LogP contribution in [0.15, 0.2) is 48.2 Å². The monoisotopic (exact) mass is 213 g/mol. The molecule has 1 aliphatic heterocycles. The van der Waals surface area contributed by atoms with E-state index in [0.29, 0.717) is 0 Å². The van der Waals surface area contributed by atoms with E-state index in [1.807, 2.05) is 0 Å². The zero-order valence-electron chi connectivity index (χ0n) is 9.78. The molecule has 2 rings (SSSR count). The fourth-order valence-corrected chi connectivity index (χ4v) is 2.22. The third-order valence-corrected chi connectivity index (χ3v) is 3.12. The zero-order chi connectivity index (χ0) is 11.2. The molecule has 0 atom stereocenters. The minimum absolute atomic E-state index is 1.04. The number of hydrogen-bond donors (Lipinski definition) is 0. The SMILES string of the molecule is C=C=C1CCCCN(Cc2ccccc2)C1. The van der Waals surface area contributed by atoms with Gasteiger partial charge in [-0.25, -0.2) is 0 Å². The second-order valence-corrected chi connectivity index (χ2v) is 4.43. The first kappa shape index (κ1) is 11.2. The highest BCUT2D eigenvalue weighted by atomic mass is 15.1. The van der Waals surface area contributed by atoms with Crippen molar-refractivity contribution in [1.29, 1.82) is 0 Å². The average Bonchev–Trinajstić information content (AvgIpc) is 2.55. The molecule has 0 aliphatic carbocycles. The molecule has 0 aromatic heterocycles. The van der Waals surface area contributed by atoms with Gasteiger partial charge in [0, 0.05) is 13.1 Å². The number of benzene rings is 1. The van der Waals surface area contributed by atoms with Gasteiger partial charge in [0.05, 0.1) is 0 Å². The molecule has 1 saturated heterocycles. The van der Waals surface area contributed by atoms with Gasteiger partial charge in [0.2, 0.25) is 0 Å². The highest BCUT2D eigenvalue weighted by Crippen LogP contribution is 2.16. The summed E-state index contributed by atoms with van der Waals surface area (Å²) in [6.07, 6.45) is 3.75. The molecule has 1 heterocycles. The Morgan fingerprint density at radius 2 is 2.00 bits per heavy atom. The molecule has 0 spiro atoms. The molecule has 1 aliphatic rings. The largest absolute Gasteiger partial charge is 0.295 e. The molecule has 0 bridgehead atoms. The standard InChI is InChI=1S/C15H19N/c1-2-14-8-6-7-11-16(12-14)13-15-9-4-3-5-10-15/h3-5,9-10H,1,6-8,11-13H2. The van der Waals surface area contributed by atoms with Crippen molar-refractivity contribution in [3.05, 3.63) is 53.8 Å². The molecular formula is C15H19N. The fourth-order valence-electron chi connectivity index (χ4n) is 2.22. The van der Waals surface area contributed by atoms with Crippen molar-refractivity contribution in [3.8, 4) is 0 Å². The first-order valence-corrected chi connectivity index (χ1v) is 6.02. The highest BCUT2D eigenvalue weighted by molar-refractivity contribution is 5.15. The lowest BCUT2D eigenvalue weighted by molar-refractivity contribution is 0.295. The van der Waals surface area contributed by atoms with Crippen molar-refractivity contribution in [3.63, 3.8) is 0 Å². The van der Waals surface area contributed by atoms with E-state index in [-0.39, 0.29) is 0 Å². The summed E-state index contributed by atoms with van der Waals surface area (Å²) in [6, 6.07) is 10.7. The molecule has 0 unspecified atom stereocenters. The Morgan fingerprint density at radius 1 is 1.19 bits per heavy atom. The van der Waals surface area contributed by atoms with Crippen LogP contribution in [0.2, 0.25) is 0 Å². The Hall–Kier alpha value is -1.30. The van der Waals surface area contributed by atoms with E-state index >= 15 is 0 Å². The van der Waals surface area contributed by atoms with E-state index in [1.54, 1.807) is 0 Å². The first-order chi connectivity index (χ1) is 7.88. The van der Waals surface area contributed by atoms with Gasteiger partial charge < -0.3 is 0 Å². The maximum Gasteiger partial charge on any atom is 0.0271 e. The summed E-state index contributed by atoms with van der Waals surface area (Å²) in [5, 5.41) is 0. The lowest BCUT2D eigenvalue weighted by Gasteiger charge is -2.20. The summed E-state index contributed by atoms with van der Waals surface area (Å²) in [6.45, 7) is 7.06. The summed E-state index contributed by atoms with van der Waals surface area (Å²) in [5.74, 6) is 0. The Morgan fingerprint density at radius 3 is 2.75 bits per heavy atom. The number of hydrogen-bond acceptors (Lipinski definition) is 1. The Kier molecular flexibility index (Phi) is 3.98. The van der Waals surface area contributed by atoms with E-state index in [1.165, 1.54) is 36.9 Å². The summed E-state index contributed by atoms with van der Waals surface area (Å²) in [5.41, 5.74) is 5.85. The van der Waals surface area contributed by atoms with E-state index in [2.05, 4.69) is 47.5 Å². The van der Waals surface area contributed by atoms with Crippen LogP contribution in [0.4, 0.5) is 0 Å². The van der Waals surface area contributed by atoms with Crippen molar-refractivity contribution >= 4 is 0 Å². The topological polar surface area (TPSA) is 3.24 Å². The molecular weight excluding hydrogens is 194 g/mol. The molecule has 1 nitrogen and oxygen atoms in total. The highest BCUT2D eigenvalue weighted by Gasteiger charge is 2.12. The van der Waals surface area contributed by atoms with Crippen LogP contribution >= 0.6 is 0 Å². The van der Waals surface area contributed by atoms with Crippen LogP contribution in [0.1, 0.15) is 24.8 Å². The van der Waals surface area contributed by atoms with E-state index < -0.39 is 0 Å². The van der Waals surface area contributed by atoms with Crippen molar-refractivity contribution in [2.24, 2.45) is 0 Å². The molecule has 84 valence electrons. The number of rotatable bonds is 2. The summed E-state index contributed by atoms with van der Waals surface area (Å²) in [4.78, 5) is 2.50. The van der Waals surface area contributed by atoms with E-state index in [4.69, 9.17) is 0 Å². The molecule has 1 aromatic carbocycles. The molecule has 1 aromatic rings. The smallest absolute Gasteiger partial charge is 0.0271 e. The van der Waals surface area contributed by atoms with Crippen LogP contribution in [0, 0.1) is 0 Å². The molecule has 0 saturated carbocycles. The fraction of sp³-hybridized carbons (Fsp3) is 0.400. The van der Waals surface area contributed by atoms with Crippen LogP contribution in [0.3, 0.4) is 0 Å². The molecule has 0 radical (unpaired) electrons. The van der Waals surface area contributed by atoms with Gasteiger partial charge in [0.25, 0.3) is 0 Å². The van der Waals surface area contributed by atoms with Gasteiger partial charge in [-0.05, 0) is 36.9 Å². The van der Waals surface area contributed by atoms with Crippen LogP contribution in [0.25, 0.3) is 0 Å². The quantitative estimate of drug-likeness (QED) is 0.681. The Labute approximate surface area is 98.1 Å². The predicted molar refractivity (Wildman–Crippen MR) is 68.2 cm³/mol. The van der Waals surface area contributed by atoms with E-state index in [0.717, 1.165) is 13.1 Å². The Balaban J connectivity index is 2.01. The normalized spacial score (nSPS) is 17.9. The van der Waals surface area contributed by atoms with Crippen molar-refractivity contribution in [2.45, 2.75) is 25.8 Å². The molecule has 16 heavy (non-hydrogen) atoms. The van der Waals surface area contributed by atoms with Crippen molar-refractivity contribution < 1.29 is 0 Å². The van der Waals surface area contributed by atoms with Gasteiger partial charge in [0.15, 0.2) is 0 Å². The minimum atomic E-state index is 1.04. The van der Waals surface area contributed by atoms with Gasteiger partial charge in [0.1, 0.15) is 0 Å². The molecule has 0 N–H and O–H groups in total. The molecule has 1 fully saturated rings. The van der Waals surface area contributed by atoms with Crippen LogP contribution in [-0.4, -0.2) is 18.0 Å². The second kappa shape index (κ2) is 5.69. The number of nitrogens with zero attached hydrogens (tertiary/aromatic N) is 1. The second-order valence-electron chi connectivity index (χ2n) is 4.43. The van der Waals surface area contributed by atoms with Crippen molar-refractivity contribution in [2.75, 3.05) is 13.1 Å². The maximum absolute atomic E-state index is 3.78. The summed E-state index contributed by atoms with van der Waals surface area (Å²) in [7, 11) is 0. The number of likely N-dealkylation sites (tertiary alicyclic amines) is 1. The van der Waals surface area contributed by atoms with Gasteiger partial charge in [-0.15, -0.1) is 5.73 Å². The first-order valence-electron chi connectivity index (χ1n) is 6.02. The van der Waals surface area contributed by atoms with Crippen molar-refractivity contribution in [1.82, 2.24) is 4.90 Å². The van der Waals surface area contributed by atoms with Crippen LogP contribution in [0.5, 0.6) is 0 Å². The lowest BCUT2D eigenvalue weighted by Crippen LogP contribution is -2.24. The molecule has 1 heteroatoms. The maximum atomic E-state index is 3.78. The van der Waals surface area contributed by atoms with Crippen LogP contribution in [-0.2, 0) is 6.54 Å². The predicted octanol–water partition coefficient (Wildman–Crippen LogP) is 3.38. The average molecular weight is 213 g/mol. The summed E-state index contributed by atoms with van der Waals surface area (Å²) < 4.78 is 0. The zero-order valence-corrected chi connectivity index (χ0v) is 9.78. The minimum Gasteiger partial charge on any atom is -0.295 e. The van der Waals surface area contributed by atoms with Gasteiger partial charge in [-0.2, -0.15) is 0 Å².